The van der Waals surface area contributed by atoms with Crippen LogP contribution >= 0.6 is 11.6 Å². The molecule has 76 valence electrons. The highest BCUT2D eigenvalue weighted by atomic mass is 35.5. The quantitative estimate of drug-likeness (QED) is 0.571. The Morgan fingerprint density at radius 2 is 2.36 bits per heavy atom. The second-order valence-electron chi connectivity index (χ2n) is 2.44. The summed E-state index contributed by atoms with van der Waals surface area (Å²) in [4.78, 5) is 14.9. The van der Waals surface area contributed by atoms with Crippen LogP contribution in [0.3, 0.4) is 0 Å². The summed E-state index contributed by atoms with van der Waals surface area (Å²) in [6, 6.07) is 1.50. The largest absolute Gasteiger partial charge is 0.491 e. The zero-order valence-corrected chi connectivity index (χ0v) is 8.67. The lowest BCUT2D eigenvalue weighted by atomic mass is 10.3. The van der Waals surface area contributed by atoms with Gasteiger partial charge in [0.05, 0.1) is 19.3 Å². The minimum Gasteiger partial charge on any atom is -0.491 e. The molecule has 0 aliphatic heterocycles. The molecule has 1 rings (SSSR count). The first-order valence-electron chi connectivity index (χ1n) is 4.05. The van der Waals surface area contributed by atoms with Crippen LogP contribution < -0.4 is 4.74 Å². The predicted octanol–water partition coefficient (Wildman–Crippen LogP) is 1.92. The molecule has 0 fully saturated rings. The molecule has 0 unspecified atom stereocenters. The number of carbonyl (C=O) groups is 1. The van der Waals surface area contributed by atoms with Crippen molar-refractivity contribution < 1.29 is 14.3 Å². The maximum atomic E-state index is 11.1. The SMILES string of the molecule is CCOc1cc(C(=O)OC)cnc1Cl. The van der Waals surface area contributed by atoms with Crippen molar-refractivity contribution in [3.8, 4) is 5.75 Å². The highest BCUT2D eigenvalue weighted by molar-refractivity contribution is 6.30. The van der Waals surface area contributed by atoms with E-state index >= 15 is 0 Å². The number of pyridine rings is 1. The van der Waals surface area contributed by atoms with Crippen LogP contribution in [0.2, 0.25) is 5.15 Å². The number of nitrogens with zero attached hydrogens (tertiary/aromatic N) is 1. The minimum absolute atomic E-state index is 0.236. The van der Waals surface area contributed by atoms with Gasteiger partial charge < -0.3 is 9.47 Å². The fourth-order valence-corrected chi connectivity index (χ4v) is 1.07. The van der Waals surface area contributed by atoms with Crippen LogP contribution in [0.1, 0.15) is 17.3 Å². The second-order valence-corrected chi connectivity index (χ2v) is 2.80. The van der Waals surface area contributed by atoms with Crippen LogP contribution in [0.5, 0.6) is 5.75 Å². The van der Waals surface area contributed by atoms with Gasteiger partial charge in [-0.25, -0.2) is 9.78 Å². The van der Waals surface area contributed by atoms with E-state index in [1.165, 1.54) is 19.4 Å². The third kappa shape index (κ3) is 2.35. The van der Waals surface area contributed by atoms with Crippen molar-refractivity contribution in [3.63, 3.8) is 0 Å². The number of hydrogen-bond donors (Lipinski definition) is 0. The topological polar surface area (TPSA) is 48.4 Å². The van der Waals surface area contributed by atoms with Gasteiger partial charge in [-0.15, -0.1) is 0 Å². The van der Waals surface area contributed by atoms with Gasteiger partial charge >= 0.3 is 5.97 Å². The average Bonchev–Trinajstić information content (AvgIpc) is 2.20. The van der Waals surface area contributed by atoms with Crippen molar-refractivity contribution in [3.05, 3.63) is 23.0 Å². The Morgan fingerprint density at radius 3 is 2.93 bits per heavy atom. The van der Waals surface area contributed by atoms with E-state index in [1.54, 1.807) is 0 Å². The molecule has 0 N–H and O–H groups in total. The maximum Gasteiger partial charge on any atom is 0.339 e. The zero-order chi connectivity index (χ0) is 10.6. The Morgan fingerprint density at radius 1 is 1.64 bits per heavy atom. The number of halogens is 1. The van der Waals surface area contributed by atoms with Crippen LogP contribution in [-0.2, 0) is 4.74 Å². The van der Waals surface area contributed by atoms with E-state index in [4.69, 9.17) is 16.3 Å². The maximum absolute atomic E-state index is 11.1. The summed E-state index contributed by atoms with van der Waals surface area (Å²) < 4.78 is 9.70. The Balaban J connectivity index is 2.99. The molecule has 5 heteroatoms. The van der Waals surface area contributed by atoms with E-state index in [1.807, 2.05) is 6.92 Å². The Labute approximate surface area is 86.8 Å². The lowest BCUT2D eigenvalue weighted by Gasteiger charge is -2.05. The number of ether oxygens (including phenoxy) is 2. The van der Waals surface area contributed by atoms with Gasteiger partial charge in [0, 0.05) is 6.20 Å². The fourth-order valence-electron chi connectivity index (χ4n) is 0.914. The van der Waals surface area contributed by atoms with Gasteiger partial charge in [0.2, 0.25) is 0 Å². The smallest absolute Gasteiger partial charge is 0.339 e. The van der Waals surface area contributed by atoms with Gasteiger partial charge in [-0.05, 0) is 13.0 Å². The molecule has 0 spiro atoms. The predicted molar refractivity (Wildman–Crippen MR) is 51.8 cm³/mol. The summed E-state index contributed by atoms with van der Waals surface area (Å²) in [5.74, 6) is -0.0767. The van der Waals surface area contributed by atoms with E-state index in [0.717, 1.165) is 0 Å². The molecule has 0 saturated carbocycles. The number of esters is 1. The number of carbonyl (C=O) groups excluding carboxylic acids is 1. The molecular formula is C9H10ClNO3. The summed E-state index contributed by atoms with van der Waals surface area (Å²) in [7, 11) is 1.30. The monoisotopic (exact) mass is 215 g/mol. The van der Waals surface area contributed by atoms with Crippen molar-refractivity contribution >= 4 is 17.6 Å². The molecule has 1 aromatic heterocycles. The van der Waals surface area contributed by atoms with Crippen LogP contribution in [0.15, 0.2) is 12.3 Å². The standard InChI is InChI=1S/C9H10ClNO3/c1-3-14-7-4-6(9(12)13-2)5-11-8(7)10/h4-5H,3H2,1-2H3. The number of methoxy groups -OCH3 is 1. The van der Waals surface area contributed by atoms with E-state index in [2.05, 4.69) is 9.72 Å². The van der Waals surface area contributed by atoms with Crippen LogP contribution in [0.4, 0.5) is 0 Å². The lowest BCUT2D eigenvalue weighted by molar-refractivity contribution is 0.0599. The number of aromatic nitrogens is 1. The normalized spacial score (nSPS) is 9.64. The van der Waals surface area contributed by atoms with E-state index in [0.29, 0.717) is 17.9 Å². The molecule has 4 nitrogen and oxygen atoms in total. The van der Waals surface area contributed by atoms with Crippen molar-refractivity contribution in [1.82, 2.24) is 4.98 Å². The van der Waals surface area contributed by atoms with Crippen molar-refractivity contribution in [1.29, 1.82) is 0 Å². The molecule has 0 aromatic carbocycles. The highest BCUT2D eigenvalue weighted by Crippen LogP contribution is 2.22. The van der Waals surface area contributed by atoms with Gasteiger partial charge in [-0.3, -0.25) is 0 Å². The number of hydrogen-bond acceptors (Lipinski definition) is 4. The van der Waals surface area contributed by atoms with Gasteiger partial charge in [0.1, 0.15) is 0 Å². The molecule has 14 heavy (non-hydrogen) atoms. The molecule has 0 bridgehead atoms. The van der Waals surface area contributed by atoms with Crippen molar-refractivity contribution in [2.24, 2.45) is 0 Å². The Bertz CT molecular complexity index is 341. The summed E-state index contributed by atoms with van der Waals surface area (Å²) in [6.45, 7) is 2.28. The van der Waals surface area contributed by atoms with Crippen molar-refractivity contribution in [2.75, 3.05) is 13.7 Å². The molecular weight excluding hydrogens is 206 g/mol. The molecule has 0 radical (unpaired) electrons. The van der Waals surface area contributed by atoms with Gasteiger partial charge in [0.25, 0.3) is 0 Å². The number of rotatable bonds is 3. The van der Waals surface area contributed by atoms with E-state index in [9.17, 15) is 4.79 Å². The first-order valence-corrected chi connectivity index (χ1v) is 4.43. The van der Waals surface area contributed by atoms with Gasteiger partial charge in [-0.2, -0.15) is 0 Å². The van der Waals surface area contributed by atoms with Crippen LogP contribution in [-0.4, -0.2) is 24.7 Å². The average molecular weight is 216 g/mol. The molecule has 0 aliphatic rings. The third-order valence-electron chi connectivity index (χ3n) is 1.53. The minimum atomic E-state index is -0.463. The fraction of sp³-hybridized carbons (Fsp3) is 0.333. The third-order valence-corrected chi connectivity index (χ3v) is 1.81. The first-order chi connectivity index (χ1) is 6.69. The first kappa shape index (κ1) is 10.8. The van der Waals surface area contributed by atoms with Crippen molar-refractivity contribution in [2.45, 2.75) is 6.92 Å². The summed E-state index contributed by atoms with van der Waals surface area (Å²) >= 11 is 5.73. The molecule has 0 atom stereocenters. The molecule has 0 amide bonds. The van der Waals surface area contributed by atoms with Crippen LogP contribution in [0.25, 0.3) is 0 Å². The van der Waals surface area contributed by atoms with E-state index in [-0.39, 0.29) is 5.15 Å². The zero-order valence-electron chi connectivity index (χ0n) is 7.91. The van der Waals surface area contributed by atoms with Gasteiger partial charge in [-0.1, -0.05) is 11.6 Å². The summed E-state index contributed by atoms with van der Waals surface area (Å²) in [5.41, 5.74) is 0.320. The Kier molecular flexibility index (Phi) is 3.71. The van der Waals surface area contributed by atoms with E-state index < -0.39 is 5.97 Å². The molecule has 1 heterocycles. The Hall–Kier alpha value is -1.29. The highest BCUT2D eigenvalue weighted by Gasteiger charge is 2.10. The second kappa shape index (κ2) is 4.81. The van der Waals surface area contributed by atoms with Gasteiger partial charge in [0.15, 0.2) is 10.9 Å². The van der Waals surface area contributed by atoms with Crippen LogP contribution in [0, 0.1) is 0 Å². The summed E-state index contributed by atoms with van der Waals surface area (Å²) in [6.07, 6.45) is 1.34. The lowest BCUT2D eigenvalue weighted by Crippen LogP contribution is -2.03. The molecule has 0 aliphatic carbocycles. The molecule has 1 aromatic rings. The summed E-state index contributed by atoms with van der Waals surface area (Å²) in [5, 5.41) is 0.236. The molecule has 0 saturated heterocycles.